The van der Waals surface area contributed by atoms with Gasteiger partial charge >= 0.3 is 0 Å². The van der Waals surface area contributed by atoms with Crippen LogP contribution < -0.4 is 5.32 Å². The number of guanidine groups is 1. The van der Waals surface area contributed by atoms with Gasteiger partial charge in [0.1, 0.15) is 0 Å². The molecule has 2 unspecified atom stereocenters. The summed E-state index contributed by atoms with van der Waals surface area (Å²) in [4.78, 5) is 6.74. The van der Waals surface area contributed by atoms with Gasteiger partial charge in [-0.05, 0) is 37.2 Å². The van der Waals surface area contributed by atoms with Crippen LogP contribution in [0.5, 0.6) is 0 Å². The maximum atomic E-state index is 5.44. The average Bonchev–Trinajstić information content (AvgIpc) is 3.38. The Labute approximate surface area is 163 Å². The van der Waals surface area contributed by atoms with Crippen LogP contribution in [0.25, 0.3) is 0 Å². The van der Waals surface area contributed by atoms with E-state index < -0.39 is 0 Å². The zero-order chi connectivity index (χ0) is 16.1. The summed E-state index contributed by atoms with van der Waals surface area (Å²) in [6, 6.07) is 11.3. The van der Waals surface area contributed by atoms with E-state index in [1.165, 1.54) is 31.2 Å². The first-order chi connectivity index (χ1) is 11.3. The van der Waals surface area contributed by atoms with Crippen molar-refractivity contribution in [1.29, 1.82) is 0 Å². The van der Waals surface area contributed by atoms with E-state index >= 15 is 0 Å². The number of nitrogens with zero attached hydrogens (tertiary/aromatic N) is 2. The van der Waals surface area contributed by atoms with Gasteiger partial charge in [-0.3, -0.25) is 4.99 Å². The van der Waals surface area contributed by atoms with Gasteiger partial charge in [0.15, 0.2) is 5.96 Å². The fourth-order valence-electron chi connectivity index (χ4n) is 3.45. The topological polar surface area (TPSA) is 36.9 Å². The van der Waals surface area contributed by atoms with E-state index in [2.05, 4.69) is 52.6 Å². The Morgan fingerprint density at radius 3 is 2.62 bits per heavy atom. The van der Waals surface area contributed by atoms with E-state index in [4.69, 9.17) is 4.74 Å². The summed E-state index contributed by atoms with van der Waals surface area (Å²) in [5.41, 5.74) is 1.44. The lowest BCUT2D eigenvalue weighted by molar-refractivity contribution is 0.0625. The lowest BCUT2D eigenvalue weighted by atomic mass is 9.96. The molecule has 0 radical (unpaired) electrons. The van der Waals surface area contributed by atoms with E-state index in [1.54, 1.807) is 0 Å². The summed E-state index contributed by atoms with van der Waals surface area (Å²) in [5, 5.41) is 3.63. The van der Waals surface area contributed by atoms with Crippen molar-refractivity contribution in [3.63, 3.8) is 0 Å². The van der Waals surface area contributed by atoms with Crippen LogP contribution in [0.3, 0.4) is 0 Å². The standard InChI is InChI=1S/C19H29N3O.HI/c1-20-19(22(2)11-8-15-9-12-23-13-10-15)21-18-14-17(18)16-6-4-3-5-7-16;/h3-7,15,17-18H,8-14H2,1-2H3,(H,20,21);1H. The zero-order valence-corrected chi connectivity index (χ0v) is 17.1. The van der Waals surface area contributed by atoms with Crippen molar-refractivity contribution in [2.45, 2.75) is 37.6 Å². The van der Waals surface area contributed by atoms with Crippen molar-refractivity contribution in [2.24, 2.45) is 10.9 Å². The third kappa shape index (κ3) is 5.34. The van der Waals surface area contributed by atoms with Crippen LogP contribution >= 0.6 is 24.0 Å². The molecule has 0 bridgehead atoms. The predicted octanol–water partition coefficient (Wildman–Crippen LogP) is 3.48. The Balaban J connectivity index is 0.00000208. The summed E-state index contributed by atoms with van der Waals surface area (Å²) >= 11 is 0. The average molecular weight is 443 g/mol. The molecule has 5 heteroatoms. The van der Waals surface area contributed by atoms with Crippen molar-refractivity contribution >= 4 is 29.9 Å². The second-order valence-electron chi connectivity index (χ2n) is 6.82. The molecule has 2 aliphatic rings. The van der Waals surface area contributed by atoms with Gasteiger partial charge in [0.05, 0.1) is 0 Å². The molecule has 2 atom stereocenters. The molecule has 0 aromatic heterocycles. The first-order valence-corrected chi connectivity index (χ1v) is 8.85. The molecule has 3 rings (SSSR count). The Bertz CT molecular complexity index is 517. The first kappa shape index (κ1) is 19.5. The number of halogens is 1. The normalized spacial score (nSPS) is 24.2. The number of ether oxygens (including phenoxy) is 1. The minimum absolute atomic E-state index is 0. The number of rotatable bonds is 5. The van der Waals surface area contributed by atoms with Crippen LogP contribution in [0.2, 0.25) is 0 Å². The number of benzene rings is 1. The summed E-state index contributed by atoms with van der Waals surface area (Å²) < 4.78 is 5.44. The largest absolute Gasteiger partial charge is 0.381 e. The van der Waals surface area contributed by atoms with Crippen LogP contribution in [0.1, 0.15) is 37.2 Å². The van der Waals surface area contributed by atoms with Gasteiger partial charge in [0.25, 0.3) is 0 Å². The third-order valence-corrected chi connectivity index (χ3v) is 5.12. The van der Waals surface area contributed by atoms with Crippen molar-refractivity contribution in [3.8, 4) is 0 Å². The summed E-state index contributed by atoms with van der Waals surface area (Å²) in [7, 11) is 4.03. The maximum absolute atomic E-state index is 5.44. The maximum Gasteiger partial charge on any atom is 0.193 e. The van der Waals surface area contributed by atoms with Crippen LogP contribution in [0.15, 0.2) is 35.3 Å². The van der Waals surface area contributed by atoms with Crippen LogP contribution in [-0.4, -0.2) is 50.8 Å². The molecule has 1 saturated heterocycles. The lowest BCUT2D eigenvalue weighted by Gasteiger charge is -2.27. The van der Waals surface area contributed by atoms with Crippen molar-refractivity contribution in [3.05, 3.63) is 35.9 Å². The summed E-state index contributed by atoms with van der Waals surface area (Å²) in [6.07, 6.45) is 4.85. The van der Waals surface area contributed by atoms with Gasteiger partial charge in [0, 0.05) is 45.8 Å². The zero-order valence-electron chi connectivity index (χ0n) is 14.8. The molecule has 24 heavy (non-hydrogen) atoms. The molecule has 1 heterocycles. The van der Waals surface area contributed by atoms with Crippen LogP contribution in [0.4, 0.5) is 0 Å². The minimum atomic E-state index is 0. The molecule has 1 aliphatic carbocycles. The highest BCUT2D eigenvalue weighted by atomic mass is 127. The predicted molar refractivity (Wildman–Crippen MR) is 110 cm³/mol. The van der Waals surface area contributed by atoms with Crippen molar-refractivity contribution in [1.82, 2.24) is 10.2 Å². The Morgan fingerprint density at radius 1 is 1.25 bits per heavy atom. The molecule has 1 aromatic carbocycles. The Kier molecular flexibility index (Phi) is 7.81. The van der Waals surface area contributed by atoms with Gasteiger partial charge in [-0.1, -0.05) is 30.3 Å². The number of aliphatic imine (C=N–C) groups is 1. The molecule has 1 N–H and O–H groups in total. The van der Waals surface area contributed by atoms with E-state index in [0.717, 1.165) is 31.6 Å². The molecule has 2 fully saturated rings. The molecular weight excluding hydrogens is 413 g/mol. The third-order valence-electron chi connectivity index (χ3n) is 5.12. The second kappa shape index (κ2) is 9.61. The smallest absolute Gasteiger partial charge is 0.193 e. The number of hydrogen-bond donors (Lipinski definition) is 1. The first-order valence-electron chi connectivity index (χ1n) is 8.85. The fraction of sp³-hybridized carbons (Fsp3) is 0.632. The molecule has 1 saturated carbocycles. The van der Waals surface area contributed by atoms with E-state index in [9.17, 15) is 0 Å². The van der Waals surface area contributed by atoms with Gasteiger partial charge in [-0.2, -0.15) is 0 Å². The molecule has 1 aliphatic heterocycles. The molecule has 134 valence electrons. The van der Waals surface area contributed by atoms with Gasteiger partial charge < -0.3 is 15.0 Å². The fourth-order valence-corrected chi connectivity index (χ4v) is 3.45. The molecule has 4 nitrogen and oxygen atoms in total. The van der Waals surface area contributed by atoms with Gasteiger partial charge in [-0.25, -0.2) is 0 Å². The van der Waals surface area contributed by atoms with Crippen LogP contribution in [0, 0.1) is 5.92 Å². The van der Waals surface area contributed by atoms with E-state index in [1.807, 2.05) is 7.05 Å². The van der Waals surface area contributed by atoms with E-state index in [0.29, 0.717) is 12.0 Å². The summed E-state index contributed by atoms with van der Waals surface area (Å²) in [5.74, 6) is 2.47. The molecular formula is C19H30IN3O. The molecule has 0 spiro atoms. The Hall–Kier alpha value is -0.820. The van der Waals surface area contributed by atoms with E-state index in [-0.39, 0.29) is 24.0 Å². The highest BCUT2D eigenvalue weighted by molar-refractivity contribution is 14.0. The lowest BCUT2D eigenvalue weighted by Crippen LogP contribution is -2.41. The number of hydrogen-bond acceptors (Lipinski definition) is 2. The van der Waals surface area contributed by atoms with Gasteiger partial charge in [0.2, 0.25) is 0 Å². The Morgan fingerprint density at radius 2 is 1.96 bits per heavy atom. The SMILES string of the molecule is CN=C(NC1CC1c1ccccc1)N(C)CCC1CCOCC1.I. The monoisotopic (exact) mass is 443 g/mol. The molecule has 1 aromatic rings. The molecule has 0 amide bonds. The second-order valence-corrected chi connectivity index (χ2v) is 6.82. The van der Waals surface area contributed by atoms with Crippen molar-refractivity contribution < 1.29 is 4.74 Å². The van der Waals surface area contributed by atoms with Gasteiger partial charge in [-0.15, -0.1) is 24.0 Å². The highest BCUT2D eigenvalue weighted by Crippen LogP contribution is 2.40. The van der Waals surface area contributed by atoms with Crippen LogP contribution in [-0.2, 0) is 4.74 Å². The number of nitrogens with one attached hydrogen (secondary N) is 1. The summed E-state index contributed by atoms with van der Waals surface area (Å²) in [6.45, 7) is 2.93. The minimum Gasteiger partial charge on any atom is -0.381 e. The quantitative estimate of drug-likeness (QED) is 0.430. The van der Waals surface area contributed by atoms with Crippen molar-refractivity contribution in [2.75, 3.05) is 33.9 Å². The highest BCUT2D eigenvalue weighted by Gasteiger charge is 2.39.